The monoisotopic (exact) mass is 398 g/mol. The summed E-state index contributed by atoms with van der Waals surface area (Å²) in [4.78, 5) is 13.0. The number of carbonyl (C=O) groups excluding carboxylic acids is 1. The third-order valence-corrected chi connectivity index (χ3v) is 5.07. The molecule has 1 heterocycles. The first-order valence-electron chi connectivity index (χ1n) is 9.72. The first-order valence-corrected chi connectivity index (χ1v) is 9.72. The molecule has 0 aromatic heterocycles. The molecule has 5 nitrogen and oxygen atoms in total. The Morgan fingerprint density at radius 1 is 1.03 bits per heavy atom. The van der Waals surface area contributed by atoms with Crippen LogP contribution in [0.1, 0.15) is 29.2 Å². The summed E-state index contributed by atoms with van der Waals surface area (Å²) in [6, 6.07) is 24.1. The summed E-state index contributed by atoms with van der Waals surface area (Å²) in [5.74, 6) is 0.685. The van der Waals surface area contributed by atoms with Crippen LogP contribution in [0.25, 0.3) is 6.08 Å². The molecule has 1 atom stereocenters. The second-order valence-electron chi connectivity index (χ2n) is 6.98. The quantitative estimate of drug-likeness (QED) is 0.629. The number of phenolic OH excluding ortho intramolecular Hbond substituents is 1. The van der Waals surface area contributed by atoms with Crippen molar-refractivity contribution in [2.75, 3.05) is 7.11 Å². The highest BCUT2D eigenvalue weighted by Crippen LogP contribution is 2.35. The lowest BCUT2D eigenvalue weighted by Gasteiger charge is -2.21. The second-order valence-corrected chi connectivity index (χ2v) is 6.98. The molecule has 0 aliphatic carbocycles. The highest BCUT2D eigenvalue weighted by Gasteiger charge is 2.33. The number of benzene rings is 3. The van der Waals surface area contributed by atoms with Gasteiger partial charge >= 0.3 is 0 Å². The Balaban J connectivity index is 1.66. The molecule has 5 heteroatoms. The maximum atomic E-state index is 13.0. The van der Waals surface area contributed by atoms with Crippen molar-refractivity contribution in [3.8, 4) is 11.5 Å². The van der Waals surface area contributed by atoms with Crippen LogP contribution in [0.15, 0.2) is 90.0 Å². The number of hydrogen-bond acceptors (Lipinski definition) is 4. The van der Waals surface area contributed by atoms with Crippen molar-refractivity contribution in [1.82, 2.24) is 5.01 Å². The van der Waals surface area contributed by atoms with Gasteiger partial charge in [0.05, 0.1) is 18.9 Å². The summed E-state index contributed by atoms with van der Waals surface area (Å²) in [5.41, 5.74) is 3.20. The van der Waals surface area contributed by atoms with Crippen molar-refractivity contribution < 1.29 is 14.6 Å². The third-order valence-electron chi connectivity index (χ3n) is 5.07. The number of ether oxygens (including phenoxy) is 1. The molecule has 3 aromatic carbocycles. The van der Waals surface area contributed by atoms with Gasteiger partial charge in [-0.2, -0.15) is 5.10 Å². The highest BCUT2D eigenvalue weighted by molar-refractivity contribution is 6.06. The number of para-hydroxylation sites is 1. The predicted molar refractivity (Wildman–Crippen MR) is 117 cm³/mol. The molecule has 1 amide bonds. The fourth-order valence-corrected chi connectivity index (χ4v) is 3.49. The topological polar surface area (TPSA) is 62.1 Å². The van der Waals surface area contributed by atoms with Gasteiger partial charge in [-0.1, -0.05) is 54.6 Å². The van der Waals surface area contributed by atoms with Gasteiger partial charge < -0.3 is 9.84 Å². The fourth-order valence-electron chi connectivity index (χ4n) is 3.49. The molecule has 0 radical (unpaired) electrons. The van der Waals surface area contributed by atoms with Crippen LogP contribution in [0.3, 0.4) is 0 Å². The maximum Gasteiger partial charge on any atom is 0.267 e. The molecule has 1 aliphatic rings. The summed E-state index contributed by atoms with van der Waals surface area (Å²) in [6.45, 7) is 0. The van der Waals surface area contributed by atoms with Crippen molar-refractivity contribution in [3.05, 3.63) is 102 Å². The Morgan fingerprint density at radius 2 is 1.73 bits per heavy atom. The SMILES string of the molecule is COc1ccc([C@H]2CC(c3ccccc3O)=NN2C(=O)/C=C/c2ccccc2)cc1. The summed E-state index contributed by atoms with van der Waals surface area (Å²) in [6.07, 6.45) is 3.82. The van der Waals surface area contributed by atoms with Crippen LogP contribution in [0, 0.1) is 0 Å². The number of carbonyl (C=O) groups is 1. The molecule has 0 unspecified atom stereocenters. The van der Waals surface area contributed by atoms with Gasteiger partial charge in [-0.15, -0.1) is 0 Å². The standard InChI is InChI=1S/C25H22N2O3/c1-30-20-14-12-19(13-15-20)23-17-22(21-9-5-6-10-24(21)28)26-27(23)25(29)16-11-18-7-3-2-4-8-18/h2-16,23,28H,17H2,1H3/b16-11+/t23-/m1/s1. The van der Waals surface area contributed by atoms with E-state index in [1.807, 2.05) is 66.7 Å². The van der Waals surface area contributed by atoms with Crippen molar-refractivity contribution in [1.29, 1.82) is 0 Å². The van der Waals surface area contributed by atoms with Gasteiger partial charge in [0.1, 0.15) is 11.5 Å². The molecule has 1 aliphatic heterocycles. The van der Waals surface area contributed by atoms with Gasteiger partial charge in [0, 0.05) is 18.1 Å². The smallest absolute Gasteiger partial charge is 0.267 e. The molecule has 150 valence electrons. The van der Waals surface area contributed by atoms with Crippen LogP contribution >= 0.6 is 0 Å². The van der Waals surface area contributed by atoms with Gasteiger partial charge in [-0.25, -0.2) is 5.01 Å². The number of phenols is 1. The number of hydrogen-bond donors (Lipinski definition) is 1. The molecule has 3 aromatic rings. The van der Waals surface area contributed by atoms with Gasteiger partial charge in [-0.3, -0.25) is 4.79 Å². The van der Waals surface area contributed by atoms with E-state index >= 15 is 0 Å². The van der Waals surface area contributed by atoms with Gasteiger partial charge in [0.25, 0.3) is 5.91 Å². The van der Waals surface area contributed by atoms with E-state index in [-0.39, 0.29) is 17.7 Å². The van der Waals surface area contributed by atoms with E-state index in [2.05, 4.69) is 5.10 Å². The van der Waals surface area contributed by atoms with E-state index < -0.39 is 0 Å². The number of amides is 1. The Kier molecular flexibility index (Phi) is 5.61. The summed E-state index contributed by atoms with van der Waals surface area (Å²) < 4.78 is 5.25. The van der Waals surface area contributed by atoms with Crippen molar-refractivity contribution in [3.63, 3.8) is 0 Å². The minimum absolute atomic E-state index is 0.152. The minimum Gasteiger partial charge on any atom is -0.507 e. The highest BCUT2D eigenvalue weighted by atomic mass is 16.5. The van der Waals surface area contributed by atoms with Crippen LogP contribution in [0.4, 0.5) is 0 Å². The molecule has 0 saturated carbocycles. The molecular formula is C25H22N2O3. The number of methoxy groups -OCH3 is 1. The maximum absolute atomic E-state index is 13.0. The lowest BCUT2D eigenvalue weighted by molar-refractivity contribution is -0.127. The zero-order chi connectivity index (χ0) is 20.9. The van der Waals surface area contributed by atoms with Gasteiger partial charge in [0.15, 0.2) is 0 Å². The zero-order valence-electron chi connectivity index (χ0n) is 16.6. The Morgan fingerprint density at radius 3 is 2.43 bits per heavy atom. The summed E-state index contributed by atoms with van der Waals surface area (Å²) >= 11 is 0. The Bertz CT molecular complexity index is 1090. The van der Waals surface area contributed by atoms with E-state index in [0.29, 0.717) is 17.7 Å². The van der Waals surface area contributed by atoms with Crippen molar-refractivity contribution >= 4 is 17.7 Å². The molecular weight excluding hydrogens is 376 g/mol. The van der Waals surface area contributed by atoms with E-state index in [0.717, 1.165) is 16.9 Å². The number of nitrogens with zero attached hydrogens (tertiary/aromatic N) is 2. The normalized spacial score (nSPS) is 16.0. The van der Waals surface area contributed by atoms with Crippen molar-refractivity contribution in [2.45, 2.75) is 12.5 Å². The van der Waals surface area contributed by atoms with Crippen LogP contribution in [0.2, 0.25) is 0 Å². The van der Waals surface area contributed by atoms with Crippen LogP contribution in [-0.4, -0.2) is 28.8 Å². The second kappa shape index (κ2) is 8.66. The minimum atomic E-state index is -0.265. The summed E-state index contributed by atoms with van der Waals surface area (Å²) in [7, 11) is 1.62. The lowest BCUT2D eigenvalue weighted by Crippen LogP contribution is -2.25. The van der Waals surface area contributed by atoms with E-state index in [4.69, 9.17) is 4.74 Å². The van der Waals surface area contributed by atoms with E-state index in [1.165, 1.54) is 11.1 Å². The average Bonchev–Trinajstić information content (AvgIpc) is 3.24. The largest absolute Gasteiger partial charge is 0.507 e. The third kappa shape index (κ3) is 4.10. The molecule has 0 fully saturated rings. The average molecular weight is 398 g/mol. The Labute approximate surface area is 175 Å². The Hall–Kier alpha value is -3.86. The van der Waals surface area contributed by atoms with Gasteiger partial charge in [0.2, 0.25) is 0 Å². The summed E-state index contributed by atoms with van der Waals surface area (Å²) in [5, 5.41) is 16.3. The first kappa shape index (κ1) is 19.5. The first-order chi connectivity index (χ1) is 14.7. The molecule has 4 rings (SSSR count). The molecule has 0 bridgehead atoms. The van der Waals surface area contributed by atoms with Gasteiger partial charge in [-0.05, 0) is 41.5 Å². The zero-order valence-corrected chi connectivity index (χ0v) is 16.6. The predicted octanol–water partition coefficient (Wildman–Crippen LogP) is 4.79. The molecule has 30 heavy (non-hydrogen) atoms. The number of hydrazone groups is 1. The lowest BCUT2D eigenvalue weighted by atomic mass is 9.98. The molecule has 0 spiro atoms. The molecule has 1 N–H and O–H groups in total. The number of aromatic hydroxyl groups is 1. The van der Waals surface area contributed by atoms with E-state index in [1.54, 1.807) is 25.3 Å². The van der Waals surface area contributed by atoms with Crippen LogP contribution in [0.5, 0.6) is 11.5 Å². The van der Waals surface area contributed by atoms with Crippen LogP contribution in [-0.2, 0) is 4.79 Å². The molecule has 0 saturated heterocycles. The van der Waals surface area contributed by atoms with E-state index in [9.17, 15) is 9.90 Å². The number of rotatable bonds is 5. The fraction of sp³-hybridized carbons (Fsp3) is 0.120. The van der Waals surface area contributed by atoms with Crippen molar-refractivity contribution in [2.24, 2.45) is 5.10 Å². The van der Waals surface area contributed by atoms with Crippen LogP contribution < -0.4 is 4.74 Å².